The second-order valence-electron chi connectivity index (χ2n) is 6.72. The molecule has 0 aliphatic heterocycles. The zero-order valence-electron chi connectivity index (χ0n) is 16.1. The minimum absolute atomic E-state index is 0.0824. The number of carbonyl (C=O) groups excluding carboxylic acids is 3. The summed E-state index contributed by atoms with van der Waals surface area (Å²) in [4.78, 5) is 58.5. The lowest BCUT2D eigenvalue weighted by Gasteiger charge is -2.23. The number of nitrogens with one attached hydrogen (secondary N) is 3. The second kappa shape index (κ2) is 13.0. The first kappa shape index (κ1) is 26.6. The quantitative estimate of drug-likeness (QED) is 0.141. The van der Waals surface area contributed by atoms with E-state index in [0.717, 1.165) is 0 Å². The number of carboxylic acids is 2. The first-order chi connectivity index (χ1) is 13.4. The largest absolute Gasteiger partial charge is 0.481 e. The average Bonchev–Trinajstić information content (AvgIpc) is 2.61. The van der Waals surface area contributed by atoms with Gasteiger partial charge in [-0.3, -0.25) is 19.2 Å². The number of nitrogens with two attached hydrogens (primary N) is 1. The maximum atomic E-state index is 12.4. The Balaban J connectivity index is 5.18. The summed E-state index contributed by atoms with van der Waals surface area (Å²) in [5.74, 6) is -5.73. The van der Waals surface area contributed by atoms with Crippen molar-refractivity contribution in [2.24, 2.45) is 11.7 Å². The highest BCUT2D eigenvalue weighted by Gasteiger charge is 2.31. The fourth-order valence-electron chi connectivity index (χ4n) is 2.20. The van der Waals surface area contributed by atoms with E-state index >= 15 is 0 Å². The highest BCUT2D eigenvalue weighted by molar-refractivity contribution is 7.80. The minimum Gasteiger partial charge on any atom is -0.481 e. The number of carboxylic acid groups (broad SMARTS) is 2. The molecule has 4 atom stereocenters. The molecule has 0 heterocycles. The average molecular weight is 436 g/mol. The standard InChI is InChI=1S/C16H28N4O8S/c1-7(2)3-8(17)13(24)18-9(4-12(22)23)14(25)19-10(5-21)15(26)20-11(6-29)16(27)28/h7-11,21,29H,3-6,17H2,1-2H3,(H,18,24)(H,19,25)(H,20,26)(H,22,23)(H,27,28). The predicted octanol–water partition coefficient (Wildman–Crippen LogP) is -2.70. The van der Waals surface area contributed by atoms with Gasteiger partial charge in [-0.1, -0.05) is 13.8 Å². The normalized spacial score (nSPS) is 15.0. The minimum atomic E-state index is -1.57. The molecule has 29 heavy (non-hydrogen) atoms. The summed E-state index contributed by atoms with van der Waals surface area (Å²) in [5.41, 5.74) is 5.71. The van der Waals surface area contributed by atoms with E-state index in [0.29, 0.717) is 6.42 Å². The van der Waals surface area contributed by atoms with Crippen LogP contribution in [0.15, 0.2) is 0 Å². The fourth-order valence-corrected chi connectivity index (χ4v) is 2.45. The molecule has 0 aromatic carbocycles. The molecule has 0 saturated carbocycles. The number of aliphatic hydroxyl groups is 1. The van der Waals surface area contributed by atoms with Crippen molar-refractivity contribution in [1.82, 2.24) is 16.0 Å². The van der Waals surface area contributed by atoms with Gasteiger partial charge in [-0.15, -0.1) is 0 Å². The van der Waals surface area contributed by atoms with Crippen LogP contribution in [0.3, 0.4) is 0 Å². The molecular formula is C16H28N4O8S. The van der Waals surface area contributed by atoms with Crippen LogP contribution in [0.2, 0.25) is 0 Å². The summed E-state index contributed by atoms with van der Waals surface area (Å²) in [6, 6.07) is -5.45. The van der Waals surface area contributed by atoms with Gasteiger partial charge in [0, 0.05) is 5.75 Å². The molecule has 0 radical (unpaired) electrons. The maximum Gasteiger partial charge on any atom is 0.327 e. The van der Waals surface area contributed by atoms with E-state index in [-0.39, 0.29) is 11.7 Å². The van der Waals surface area contributed by atoms with Crippen molar-refractivity contribution in [3.8, 4) is 0 Å². The monoisotopic (exact) mass is 436 g/mol. The first-order valence-electron chi connectivity index (χ1n) is 8.75. The van der Waals surface area contributed by atoms with Gasteiger partial charge in [-0.25, -0.2) is 4.79 Å². The Morgan fingerprint density at radius 2 is 1.38 bits per heavy atom. The molecule has 0 saturated heterocycles. The lowest BCUT2D eigenvalue weighted by molar-refractivity contribution is -0.143. The molecule has 12 nitrogen and oxygen atoms in total. The van der Waals surface area contributed by atoms with Gasteiger partial charge in [0.2, 0.25) is 17.7 Å². The lowest BCUT2D eigenvalue weighted by Crippen LogP contribution is -2.58. The summed E-state index contributed by atoms with van der Waals surface area (Å²) in [7, 11) is 0. The van der Waals surface area contributed by atoms with E-state index in [1.165, 1.54) is 0 Å². The van der Waals surface area contributed by atoms with Crippen molar-refractivity contribution in [1.29, 1.82) is 0 Å². The molecule has 0 aromatic heterocycles. The van der Waals surface area contributed by atoms with Gasteiger partial charge in [-0.2, -0.15) is 12.6 Å². The van der Waals surface area contributed by atoms with Gasteiger partial charge in [0.15, 0.2) is 0 Å². The highest BCUT2D eigenvalue weighted by atomic mass is 32.1. The van der Waals surface area contributed by atoms with Crippen LogP contribution in [-0.4, -0.2) is 81.5 Å². The van der Waals surface area contributed by atoms with Crippen LogP contribution in [0.4, 0.5) is 0 Å². The number of hydrogen-bond acceptors (Lipinski definition) is 8. The number of aliphatic carboxylic acids is 2. The Hall–Kier alpha value is -2.38. The topological polar surface area (TPSA) is 208 Å². The van der Waals surface area contributed by atoms with Gasteiger partial charge in [0.25, 0.3) is 0 Å². The summed E-state index contributed by atoms with van der Waals surface area (Å²) in [6.45, 7) is 2.76. The van der Waals surface area contributed by atoms with Crippen LogP contribution in [0.1, 0.15) is 26.7 Å². The SMILES string of the molecule is CC(C)CC(N)C(=O)NC(CC(=O)O)C(=O)NC(CO)C(=O)NC(CS)C(=O)O. The van der Waals surface area contributed by atoms with E-state index in [2.05, 4.69) is 28.6 Å². The molecule has 0 spiro atoms. The molecule has 13 heteroatoms. The number of aliphatic hydroxyl groups excluding tert-OH is 1. The number of rotatable bonds is 13. The van der Waals surface area contributed by atoms with Gasteiger partial charge < -0.3 is 37.0 Å². The highest BCUT2D eigenvalue weighted by Crippen LogP contribution is 2.04. The van der Waals surface area contributed by atoms with Crippen molar-refractivity contribution < 1.29 is 39.3 Å². The van der Waals surface area contributed by atoms with E-state index in [9.17, 15) is 29.1 Å². The third kappa shape index (κ3) is 10.1. The molecule has 4 unspecified atom stereocenters. The van der Waals surface area contributed by atoms with Crippen LogP contribution in [-0.2, 0) is 24.0 Å². The lowest BCUT2D eigenvalue weighted by atomic mass is 10.0. The molecule has 0 bridgehead atoms. The van der Waals surface area contributed by atoms with Gasteiger partial charge >= 0.3 is 11.9 Å². The van der Waals surface area contributed by atoms with E-state index in [1.54, 1.807) is 0 Å². The third-order valence-electron chi connectivity index (χ3n) is 3.69. The van der Waals surface area contributed by atoms with Crippen LogP contribution < -0.4 is 21.7 Å². The summed E-state index contributed by atoms with van der Waals surface area (Å²) >= 11 is 3.78. The zero-order chi connectivity index (χ0) is 22.7. The van der Waals surface area contributed by atoms with Crippen molar-refractivity contribution in [3.05, 3.63) is 0 Å². The maximum absolute atomic E-state index is 12.4. The Labute approximate surface area is 173 Å². The summed E-state index contributed by atoms with van der Waals surface area (Å²) in [6.07, 6.45) is -0.491. The Bertz CT molecular complexity index is 616. The summed E-state index contributed by atoms with van der Waals surface area (Å²) in [5, 5.41) is 33.6. The van der Waals surface area contributed by atoms with Crippen LogP contribution in [0.5, 0.6) is 0 Å². The van der Waals surface area contributed by atoms with Gasteiger partial charge in [0.1, 0.15) is 18.1 Å². The molecule has 0 fully saturated rings. The van der Waals surface area contributed by atoms with Crippen LogP contribution >= 0.6 is 12.6 Å². The molecule has 0 aliphatic rings. The first-order valence-corrected chi connectivity index (χ1v) is 9.39. The van der Waals surface area contributed by atoms with Crippen LogP contribution in [0.25, 0.3) is 0 Å². The third-order valence-corrected chi connectivity index (χ3v) is 4.05. The van der Waals surface area contributed by atoms with E-state index in [4.69, 9.17) is 15.9 Å². The molecule has 166 valence electrons. The molecule has 8 N–H and O–H groups in total. The van der Waals surface area contributed by atoms with E-state index < -0.39 is 66.9 Å². The van der Waals surface area contributed by atoms with Crippen molar-refractivity contribution >= 4 is 42.3 Å². The number of hydrogen-bond donors (Lipinski definition) is 8. The van der Waals surface area contributed by atoms with Gasteiger partial charge in [0.05, 0.1) is 19.1 Å². The Morgan fingerprint density at radius 1 is 0.897 bits per heavy atom. The Morgan fingerprint density at radius 3 is 1.79 bits per heavy atom. The summed E-state index contributed by atoms with van der Waals surface area (Å²) < 4.78 is 0. The van der Waals surface area contributed by atoms with Crippen molar-refractivity contribution in [2.75, 3.05) is 12.4 Å². The number of amides is 3. The fraction of sp³-hybridized carbons (Fsp3) is 0.688. The molecule has 0 aliphatic carbocycles. The molecule has 0 rings (SSSR count). The Kier molecular flexibility index (Phi) is 11.9. The van der Waals surface area contributed by atoms with Crippen molar-refractivity contribution in [3.63, 3.8) is 0 Å². The predicted molar refractivity (Wildman–Crippen MR) is 104 cm³/mol. The molecule has 3 amide bonds. The van der Waals surface area contributed by atoms with Gasteiger partial charge in [-0.05, 0) is 12.3 Å². The van der Waals surface area contributed by atoms with Crippen LogP contribution in [0, 0.1) is 5.92 Å². The van der Waals surface area contributed by atoms with E-state index in [1.807, 2.05) is 13.8 Å². The second-order valence-corrected chi connectivity index (χ2v) is 7.09. The van der Waals surface area contributed by atoms with Crippen molar-refractivity contribution in [2.45, 2.75) is 50.9 Å². The zero-order valence-corrected chi connectivity index (χ0v) is 17.0. The smallest absolute Gasteiger partial charge is 0.327 e. The number of carbonyl (C=O) groups is 5. The number of thiol groups is 1. The molecular weight excluding hydrogens is 408 g/mol. The molecule has 0 aromatic rings.